The van der Waals surface area contributed by atoms with Crippen LogP contribution in [0.5, 0.6) is 0 Å². The van der Waals surface area contributed by atoms with Crippen molar-refractivity contribution in [2.24, 2.45) is 14.1 Å². The molecule has 1 atom stereocenters. The summed E-state index contributed by atoms with van der Waals surface area (Å²) in [7, 11) is 5.31. The average molecular weight is 326 g/mol. The Labute approximate surface area is 138 Å². The zero-order valence-corrected chi connectivity index (χ0v) is 13.6. The lowest BCUT2D eigenvalue weighted by Gasteiger charge is -2.15. The molecule has 24 heavy (non-hydrogen) atoms. The Hall–Kier alpha value is -3.07. The number of anilines is 1. The van der Waals surface area contributed by atoms with Gasteiger partial charge in [0, 0.05) is 37.1 Å². The van der Waals surface area contributed by atoms with Crippen LogP contribution in [0.4, 0.5) is 5.69 Å². The fourth-order valence-electron chi connectivity index (χ4n) is 2.46. The smallest absolute Gasteiger partial charge is 0.246 e. The van der Waals surface area contributed by atoms with Gasteiger partial charge in [0.15, 0.2) is 5.82 Å². The van der Waals surface area contributed by atoms with E-state index in [4.69, 9.17) is 0 Å². The number of aryl methyl sites for hydroxylation is 2. The van der Waals surface area contributed by atoms with Crippen LogP contribution in [-0.2, 0) is 18.9 Å². The number of hydrogen-bond acceptors (Lipinski definition) is 6. The molecule has 2 aromatic heterocycles. The Morgan fingerprint density at radius 2 is 2.12 bits per heavy atom. The summed E-state index contributed by atoms with van der Waals surface area (Å²) in [6.45, 7) is 0. The third-order valence-corrected chi connectivity index (χ3v) is 3.62. The Morgan fingerprint density at radius 3 is 2.75 bits per heavy atom. The van der Waals surface area contributed by atoms with Crippen molar-refractivity contribution in [3.63, 3.8) is 0 Å². The highest BCUT2D eigenvalue weighted by atomic mass is 16.2. The average Bonchev–Trinajstić information content (AvgIpc) is 3.17. The molecule has 1 unspecified atom stereocenters. The van der Waals surface area contributed by atoms with Gasteiger partial charge in [-0.05, 0) is 29.6 Å². The fourth-order valence-corrected chi connectivity index (χ4v) is 2.46. The van der Waals surface area contributed by atoms with Gasteiger partial charge in [-0.15, -0.1) is 5.10 Å². The summed E-state index contributed by atoms with van der Waals surface area (Å²) in [6, 6.07) is 6.90. The second-order valence-electron chi connectivity index (χ2n) is 5.37. The molecule has 0 bridgehead atoms. The number of likely N-dealkylation sites (N-methyl/N-ethyl adjacent to an activating group) is 1. The Balaban J connectivity index is 1.80. The van der Waals surface area contributed by atoms with Crippen molar-refractivity contribution in [3.8, 4) is 11.4 Å². The number of amides is 1. The maximum Gasteiger partial charge on any atom is 0.246 e. The minimum Gasteiger partial charge on any atom is -0.324 e. The summed E-state index contributed by atoms with van der Waals surface area (Å²) >= 11 is 0. The third kappa shape index (κ3) is 3.15. The lowest BCUT2D eigenvalue weighted by atomic mass is 10.1. The van der Waals surface area contributed by atoms with Gasteiger partial charge in [0.05, 0.1) is 6.20 Å². The van der Waals surface area contributed by atoms with E-state index in [1.54, 1.807) is 29.7 Å². The van der Waals surface area contributed by atoms with Gasteiger partial charge in [-0.25, -0.2) is 4.68 Å². The van der Waals surface area contributed by atoms with E-state index >= 15 is 0 Å². The van der Waals surface area contributed by atoms with E-state index < -0.39 is 6.04 Å². The first-order valence-corrected chi connectivity index (χ1v) is 7.38. The highest BCUT2D eigenvalue weighted by Crippen LogP contribution is 2.21. The van der Waals surface area contributed by atoms with Crippen molar-refractivity contribution in [2.75, 3.05) is 12.4 Å². The standard InChI is InChI=1S/C15H18N8O/c1-16-13(11-8-17-22(2)9-11)15(24)18-12-6-4-5-10(7-12)14-19-20-21-23(14)3/h4-9,13,16H,1-3H3,(H,18,24). The zero-order chi connectivity index (χ0) is 17.1. The maximum atomic E-state index is 12.6. The first-order valence-electron chi connectivity index (χ1n) is 7.38. The summed E-state index contributed by atoms with van der Waals surface area (Å²) in [5.41, 5.74) is 2.29. The number of carbonyl (C=O) groups is 1. The van der Waals surface area contributed by atoms with Crippen LogP contribution < -0.4 is 10.6 Å². The molecule has 3 rings (SSSR count). The first kappa shape index (κ1) is 15.8. The highest BCUT2D eigenvalue weighted by Gasteiger charge is 2.20. The minimum absolute atomic E-state index is 0.168. The highest BCUT2D eigenvalue weighted by molar-refractivity contribution is 5.95. The largest absolute Gasteiger partial charge is 0.324 e. The summed E-state index contributed by atoms with van der Waals surface area (Å²) in [4.78, 5) is 12.6. The molecule has 2 N–H and O–H groups in total. The Morgan fingerprint density at radius 1 is 1.29 bits per heavy atom. The molecule has 9 heteroatoms. The van der Waals surface area contributed by atoms with Gasteiger partial charge < -0.3 is 10.6 Å². The number of rotatable bonds is 5. The number of hydrogen-bond donors (Lipinski definition) is 2. The second kappa shape index (κ2) is 6.59. The van der Waals surface area contributed by atoms with Crippen LogP contribution in [0.2, 0.25) is 0 Å². The molecule has 0 aliphatic carbocycles. The summed E-state index contributed by atoms with van der Waals surface area (Å²) < 4.78 is 3.24. The maximum absolute atomic E-state index is 12.6. The number of carbonyl (C=O) groups excluding carboxylic acids is 1. The lowest BCUT2D eigenvalue weighted by molar-refractivity contribution is -0.118. The molecule has 0 aliphatic rings. The van der Waals surface area contributed by atoms with Crippen LogP contribution in [0.25, 0.3) is 11.4 Å². The predicted octanol–water partition coefficient (Wildman–Crippen LogP) is 0.510. The predicted molar refractivity (Wildman–Crippen MR) is 87.9 cm³/mol. The van der Waals surface area contributed by atoms with E-state index in [1.807, 2.05) is 37.5 Å². The molecule has 0 saturated carbocycles. The molecule has 0 radical (unpaired) electrons. The van der Waals surface area contributed by atoms with Gasteiger partial charge in [-0.2, -0.15) is 5.10 Å². The number of aromatic nitrogens is 6. The number of tetrazole rings is 1. The molecule has 0 fully saturated rings. The summed E-state index contributed by atoms with van der Waals surface area (Å²) in [6.07, 6.45) is 3.48. The van der Waals surface area contributed by atoms with E-state index in [-0.39, 0.29) is 5.91 Å². The van der Waals surface area contributed by atoms with Gasteiger partial charge >= 0.3 is 0 Å². The van der Waals surface area contributed by atoms with Crippen LogP contribution in [0.1, 0.15) is 11.6 Å². The van der Waals surface area contributed by atoms with Gasteiger partial charge in [-0.3, -0.25) is 9.48 Å². The molecule has 2 heterocycles. The first-order chi connectivity index (χ1) is 11.6. The topological polar surface area (TPSA) is 103 Å². The number of nitrogens with one attached hydrogen (secondary N) is 2. The molecule has 0 spiro atoms. The summed E-state index contributed by atoms with van der Waals surface area (Å²) in [5, 5.41) is 21.4. The van der Waals surface area contributed by atoms with Crippen molar-refractivity contribution in [1.82, 2.24) is 35.3 Å². The zero-order valence-electron chi connectivity index (χ0n) is 13.6. The monoisotopic (exact) mass is 326 g/mol. The molecule has 0 aliphatic heterocycles. The van der Waals surface area contributed by atoms with E-state index in [9.17, 15) is 4.79 Å². The van der Waals surface area contributed by atoms with Gasteiger partial charge in [0.25, 0.3) is 0 Å². The molecule has 0 saturated heterocycles. The SMILES string of the molecule is CNC(C(=O)Nc1cccc(-c2nnnn2C)c1)c1cnn(C)c1. The number of benzene rings is 1. The quantitative estimate of drug-likeness (QED) is 0.708. The fraction of sp³-hybridized carbons (Fsp3) is 0.267. The van der Waals surface area contributed by atoms with Crippen molar-refractivity contribution >= 4 is 11.6 Å². The van der Waals surface area contributed by atoms with Crippen LogP contribution in [0.3, 0.4) is 0 Å². The van der Waals surface area contributed by atoms with Crippen LogP contribution >= 0.6 is 0 Å². The van der Waals surface area contributed by atoms with E-state index in [0.717, 1.165) is 11.1 Å². The van der Waals surface area contributed by atoms with Crippen molar-refractivity contribution in [2.45, 2.75) is 6.04 Å². The Kier molecular flexibility index (Phi) is 4.34. The van der Waals surface area contributed by atoms with E-state index in [2.05, 4.69) is 31.3 Å². The molecule has 1 amide bonds. The Bertz CT molecular complexity index is 853. The number of nitrogens with zero attached hydrogens (tertiary/aromatic N) is 6. The minimum atomic E-state index is -0.487. The van der Waals surface area contributed by atoms with Gasteiger partial charge in [0.1, 0.15) is 6.04 Å². The van der Waals surface area contributed by atoms with Crippen molar-refractivity contribution in [1.29, 1.82) is 0 Å². The lowest BCUT2D eigenvalue weighted by Crippen LogP contribution is -2.30. The normalized spacial score (nSPS) is 12.1. The van der Waals surface area contributed by atoms with Gasteiger partial charge in [0.2, 0.25) is 5.91 Å². The van der Waals surface area contributed by atoms with Crippen LogP contribution in [-0.4, -0.2) is 42.9 Å². The molecule has 3 aromatic rings. The van der Waals surface area contributed by atoms with Crippen molar-refractivity contribution < 1.29 is 4.79 Å². The van der Waals surface area contributed by atoms with Crippen LogP contribution in [0, 0.1) is 0 Å². The molecular formula is C15H18N8O. The van der Waals surface area contributed by atoms with Crippen molar-refractivity contribution in [3.05, 3.63) is 42.2 Å². The molecule has 124 valence electrons. The van der Waals surface area contributed by atoms with Gasteiger partial charge in [-0.1, -0.05) is 12.1 Å². The molecule has 9 nitrogen and oxygen atoms in total. The molecular weight excluding hydrogens is 308 g/mol. The molecule has 1 aromatic carbocycles. The van der Waals surface area contributed by atoms with E-state index in [1.165, 1.54) is 0 Å². The van der Waals surface area contributed by atoms with E-state index in [0.29, 0.717) is 11.5 Å². The third-order valence-electron chi connectivity index (χ3n) is 3.62. The summed E-state index contributed by atoms with van der Waals surface area (Å²) in [5.74, 6) is 0.460. The second-order valence-corrected chi connectivity index (χ2v) is 5.37. The van der Waals surface area contributed by atoms with Crippen LogP contribution in [0.15, 0.2) is 36.7 Å².